The summed E-state index contributed by atoms with van der Waals surface area (Å²) in [6.45, 7) is 1.50. The average Bonchev–Trinajstić information content (AvgIpc) is 3.22. The number of carbonyl (C=O) groups excluding carboxylic acids is 1. The third-order valence-electron chi connectivity index (χ3n) is 3.29. The Bertz CT molecular complexity index is 547. The van der Waals surface area contributed by atoms with Gasteiger partial charge < -0.3 is 10.1 Å². The number of ether oxygens (including phenoxy) is 1. The number of benzene rings is 1. The van der Waals surface area contributed by atoms with Crippen LogP contribution in [-0.2, 0) is 4.79 Å². The lowest BCUT2D eigenvalue weighted by atomic mass is 9.98. The van der Waals surface area contributed by atoms with Crippen molar-refractivity contribution < 1.29 is 9.53 Å². The Hall–Kier alpha value is -1.44. The number of rotatable bonds is 5. The molecule has 0 aromatic heterocycles. The Morgan fingerprint density at radius 2 is 2.10 bits per heavy atom. The molecule has 1 fully saturated rings. The standard InChI is InChI=1S/C14H14Cl2N2O2/c1-14(8-17,9-5-6-9)18-12(19)7-20-13-10(15)3-2-4-11(13)16/h2-4,9H,5-7H2,1H3,(H,18,19)/t14-/m1/s1. The Kier molecular flexibility index (Phi) is 4.42. The van der Waals surface area contributed by atoms with Gasteiger partial charge in [-0.1, -0.05) is 29.3 Å². The number of nitrogens with zero attached hydrogens (tertiary/aromatic N) is 1. The maximum atomic E-state index is 11.9. The smallest absolute Gasteiger partial charge is 0.259 e. The first-order valence-corrected chi connectivity index (χ1v) is 7.01. The molecule has 1 atom stereocenters. The van der Waals surface area contributed by atoms with Crippen LogP contribution < -0.4 is 10.1 Å². The minimum Gasteiger partial charge on any atom is -0.481 e. The van der Waals surface area contributed by atoms with E-state index in [4.69, 9.17) is 27.9 Å². The highest BCUT2D eigenvalue weighted by molar-refractivity contribution is 6.37. The van der Waals surface area contributed by atoms with Gasteiger partial charge in [-0.25, -0.2) is 0 Å². The summed E-state index contributed by atoms with van der Waals surface area (Å²) in [5, 5.41) is 12.6. The fraction of sp³-hybridized carbons (Fsp3) is 0.429. The number of nitriles is 1. The van der Waals surface area contributed by atoms with Gasteiger partial charge in [-0.05, 0) is 37.8 Å². The SMILES string of the molecule is C[C@](C#N)(NC(=O)COc1c(Cl)cccc1Cl)C1CC1. The van der Waals surface area contributed by atoms with Crippen LogP contribution in [0, 0.1) is 17.2 Å². The van der Waals surface area contributed by atoms with E-state index in [9.17, 15) is 10.1 Å². The molecule has 106 valence electrons. The zero-order valence-electron chi connectivity index (χ0n) is 11.0. The molecule has 1 aromatic carbocycles. The predicted octanol–water partition coefficient (Wildman–Crippen LogP) is 3.18. The number of hydrogen-bond acceptors (Lipinski definition) is 3. The molecule has 1 aliphatic rings. The molecule has 0 heterocycles. The fourth-order valence-corrected chi connectivity index (χ4v) is 2.47. The maximum absolute atomic E-state index is 11.9. The van der Waals surface area contributed by atoms with Crippen LogP contribution in [0.1, 0.15) is 19.8 Å². The number of halogens is 2. The number of para-hydroxylation sites is 1. The Morgan fingerprint density at radius 3 is 2.60 bits per heavy atom. The van der Waals surface area contributed by atoms with Crippen LogP contribution in [0.5, 0.6) is 5.75 Å². The highest BCUT2D eigenvalue weighted by atomic mass is 35.5. The lowest BCUT2D eigenvalue weighted by Gasteiger charge is -2.22. The van der Waals surface area contributed by atoms with Gasteiger partial charge in [0.2, 0.25) is 0 Å². The van der Waals surface area contributed by atoms with E-state index in [0.717, 1.165) is 12.8 Å². The van der Waals surface area contributed by atoms with Crippen LogP contribution in [0.25, 0.3) is 0 Å². The van der Waals surface area contributed by atoms with Crippen LogP contribution in [0.3, 0.4) is 0 Å². The van der Waals surface area contributed by atoms with Crippen LogP contribution in [0.4, 0.5) is 0 Å². The molecule has 20 heavy (non-hydrogen) atoms. The van der Waals surface area contributed by atoms with Crippen molar-refractivity contribution in [3.05, 3.63) is 28.2 Å². The lowest BCUT2D eigenvalue weighted by molar-refractivity contribution is -0.124. The van der Waals surface area contributed by atoms with Crippen molar-refractivity contribution in [1.29, 1.82) is 5.26 Å². The van der Waals surface area contributed by atoms with Gasteiger partial charge in [0.05, 0.1) is 16.1 Å². The van der Waals surface area contributed by atoms with Crippen LogP contribution >= 0.6 is 23.2 Å². The molecule has 0 spiro atoms. The predicted molar refractivity (Wildman–Crippen MR) is 76.8 cm³/mol. The van der Waals surface area contributed by atoms with Gasteiger partial charge in [-0.2, -0.15) is 5.26 Å². The molecule has 0 aliphatic heterocycles. The molecule has 0 bridgehead atoms. The molecule has 6 heteroatoms. The second-order valence-corrected chi connectivity index (χ2v) is 5.79. The summed E-state index contributed by atoms with van der Waals surface area (Å²) in [5.74, 6) is 0.133. The minimum absolute atomic E-state index is 0.223. The molecular formula is C14H14Cl2N2O2. The molecule has 0 saturated heterocycles. The molecule has 0 unspecified atom stereocenters. The van der Waals surface area contributed by atoms with Crippen LogP contribution in [0.15, 0.2) is 18.2 Å². The van der Waals surface area contributed by atoms with Gasteiger partial charge in [-0.3, -0.25) is 4.79 Å². The summed E-state index contributed by atoms with van der Waals surface area (Å²) in [6.07, 6.45) is 1.92. The summed E-state index contributed by atoms with van der Waals surface area (Å²) < 4.78 is 5.33. The van der Waals surface area contributed by atoms with Gasteiger partial charge >= 0.3 is 0 Å². The quantitative estimate of drug-likeness (QED) is 0.908. The highest BCUT2D eigenvalue weighted by Gasteiger charge is 2.43. The first kappa shape index (κ1) is 15.0. The molecule has 0 radical (unpaired) electrons. The molecule has 1 amide bonds. The number of hydrogen-bond donors (Lipinski definition) is 1. The van der Waals surface area contributed by atoms with Crippen LogP contribution in [-0.4, -0.2) is 18.1 Å². The van der Waals surface area contributed by atoms with Gasteiger partial charge in [0.1, 0.15) is 5.54 Å². The summed E-state index contributed by atoms with van der Waals surface area (Å²) in [5.41, 5.74) is -0.829. The zero-order valence-corrected chi connectivity index (χ0v) is 12.5. The van der Waals surface area contributed by atoms with E-state index in [-0.39, 0.29) is 24.2 Å². The van der Waals surface area contributed by atoms with Crippen molar-refractivity contribution in [2.75, 3.05) is 6.61 Å². The van der Waals surface area contributed by atoms with Crippen molar-refractivity contribution in [1.82, 2.24) is 5.32 Å². The van der Waals surface area contributed by atoms with Crippen LogP contribution in [0.2, 0.25) is 10.0 Å². The Balaban J connectivity index is 1.94. The monoisotopic (exact) mass is 312 g/mol. The van der Waals surface area contributed by atoms with E-state index in [2.05, 4.69) is 11.4 Å². The lowest BCUT2D eigenvalue weighted by Crippen LogP contribution is -2.48. The van der Waals surface area contributed by atoms with Gasteiger partial charge in [0.15, 0.2) is 12.4 Å². The summed E-state index contributed by atoms with van der Waals surface area (Å²) in [7, 11) is 0. The highest BCUT2D eigenvalue weighted by Crippen LogP contribution is 2.39. The largest absolute Gasteiger partial charge is 0.481 e. The van der Waals surface area contributed by atoms with Gasteiger partial charge in [0.25, 0.3) is 5.91 Å². The number of amides is 1. The van der Waals surface area contributed by atoms with E-state index in [0.29, 0.717) is 10.0 Å². The topological polar surface area (TPSA) is 62.1 Å². The molecule has 1 saturated carbocycles. The van der Waals surface area contributed by atoms with Gasteiger partial charge in [-0.15, -0.1) is 0 Å². The molecule has 1 aromatic rings. The summed E-state index contributed by atoms with van der Waals surface area (Å²) >= 11 is 11.9. The molecular weight excluding hydrogens is 299 g/mol. The van der Waals surface area contributed by atoms with Crippen molar-refractivity contribution in [2.45, 2.75) is 25.3 Å². The van der Waals surface area contributed by atoms with E-state index in [1.54, 1.807) is 25.1 Å². The van der Waals surface area contributed by atoms with Crippen molar-refractivity contribution in [3.63, 3.8) is 0 Å². The zero-order chi connectivity index (χ0) is 14.8. The normalized spacial score (nSPS) is 16.9. The molecule has 2 rings (SSSR count). The first-order chi connectivity index (χ1) is 9.46. The minimum atomic E-state index is -0.829. The maximum Gasteiger partial charge on any atom is 0.259 e. The van der Waals surface area contributed by atoms with Crippen molar-refractivity contribution in [2.24, 2.45) is 5.92 Å². The summed E-state index contributed by atoms with van der Waals surface area (Å²) in [4.78, 5) is 11.9. The molecule has 1 aliphatic carbocycles. The van der Waals surface area contributed by atoms with Crippen molar-refractivity contribution in [3.8, 4) is 11.8 Å². The second kappa shape index (κ2) is 5.90. The van der Waals surface area contributed by atoms with E-state index < -0.39 is 5.54 Å². The third kappa shape index (κ3) is 3.36. The third-order valence-corrected chi connectivity index (χ3v) is 3.89. The van der Waals surface area contributed by atoms with E-state index >= 15 is 0 Å². The van der Waals surface area contributed by atoms with E-state index in [1.807, 2.05) is 0 Å². The second-order valence-electron chi connectivity index (χ2n) is 4.98. The Morgan fingerprint density at radius 1 is 1.50 bits per heavy atom. The molecule has 4 nitrogen and oxygen atoms in total. The molecule has 1 N–H and O–H groups in total. The Labute approximate surface area is 127 Å². The van der Waals surface area contributed by atoms with E-state index in [1.165, 1.54) is 0 Å². The number of nitrogens with one attached hydrogen (secondary N) is 1. The fourth-order valence-electron chi connectivity index (χ4n) is 1.97. The first-order valence-electron chi connectivity index (χ1n) is 6.25. The number of carbonyl (C=O) groups is 1. The summed E-state index contributed by atoms with van der Waals surface area (Å²) in [6, 6.07) is 7.10. The average molecular weight is 313 g/mol. The van der Waals surface area contributed by atoms with Crippen molar-refractivity contribution >= 4 is 29.1 Å². The van der Waals surface area contributed by atoms with Gasteiger partial charge in [0, 0.05) is 0 Å².